The minimum absolute atomic E-state index is 0.615. The Balaban J connectivity index is 3.30. The van der Waals surface area contributed by atoms with Gasteiger partial charge in [0.25, 0.3) is 0 Å². The van der Waals surface area contributed by atoms with E-state index in [0.717, 1.165) is 17.0 Å². The first-order chi connectivity index (χ1) is 6.72. The second kappa shape index (κ2) is 4.43. The summed E-state index contributed by atoms with van der Waals surface area (Å²) < 4.78 is 5.18. The molecule has 72 valence electrons. The Morgan fingerprint density at radius 3 is 2.71 bits per heavy atom. The van der Waals surface area contributed by atoms with Crippen LogP contribution in [0.5, 0.6) is 5.75 Å². The molecule has 1 aromatic rings. The van der Waals surface area contributed by atoms with E-state index in [1.807, 2.05) is 6.92 Å². The van der Waals surface area contributed by atoms with Gasteiger partial charge < -0.3 is 4.74 Å². The standard InChI is InChI=1S/C11H12N2O/c1-8(13-2)10-6-9(7-12)4-5-11(10)14-3/h4-6H,1-3H3. The highest BCUT2D eigenvalue weighted by molar-refractivity contribution is 6.01. The van der Waals surface area contributed by atoms with Gasteiger partial charge >= 0.3 is 0 Å². The second-order valence-electron chi connectivity index (χ2n) is 2.84. The second-order valence-corrected chi connectivity index (χ2v) is 2.84. The molecule has 0 saturated heterocycles. The van der Waals surface area contributed by atoms with E-state index in [4.69, 9.17) is 10.00 Å². The van der Waals surface area contributed by atoms with Gasteiger partial charge in [0.2, 0.25) is 0 Å². The highest BCUT2D eigenvalue weighted by Gasteiger charge is 2.06. The first-order valence-corrected chi connectivity index (χ1v) is 4.24. The molecule has 0 aliphatic heterocycles. The van der Waals surface area contributed by atoms with Crippen molar-refractivity contribution in [3.05, 3.63) is 29.3 Å². The molecule has 0 unspecified atom stereocenters. The molecule has 0 spiro atoms. The third kappa shape index (κ3) is 1.91. The third-order valence-corrected chi connectivity index (χ3v) is 2.05. The van der Waals surface area contributed by atoms with Gasteiger partial charge in [-0.15, -0.1) is 0 Å². The zero-order valence-corrected chi connectivity index (χ0v) is 8.53. The molecule has 1 aromatic carbocycles. The maximum atomic E-state index is 8.75. The topological polar surface area (TPSA) is 45.4 Å². The fourth-order valence-corrected chi connectivity index (χ4v) is 1.18. The van der Waals surface area contributed by atoms with Crippen LogP contribution in [-0.2, 0) is 0 Å². The zero-order chi connectivity index (χ0) is 10.6. The average Bonchev–Trinajstić information content (AvgIpc) is 2.27. The summed E-state index contributed by atoms with van der Waals surface area (Å²) in [6.45, 7) is 1.89. The minimum atomic E-state index is 0.615. The SMILES string of the molecule is CN=C(C)c1cc(C#N)ccc1OC. The number of nitrogens with zero attached hydrogens (tertiary/aromatic N) is 2. The summed E-state index contributed by atoms with van der Waals surface area (Å²) in [6.07, 6.45) is 0. The predicted octanol–water partition coefficient (Wildman–Crippen LogP) is 2.01. The molecule has 0 atom stereocenters. The van der Waals surface area contributed by atoms with Crippen LogP contribution >= 0.6 is 0 Å². The summed E-state index contributed by atoms with van der Waals surface area (Å²) in [4.78, 5) is 4.07. The van der Waals surface area contributed by atoms with Crippen LogP contribution in [0.2, 0.25) is 0 Å². The Kier molecular flexibility index (Phi) is 3.24. The molecular weight excluding hydrogens is 176 g/mol. The van der Waals surface area contributed by atoms with E-state index in [0.29, 0.717) is 5.56 Å². The van der Waals surface area contributed by atoms with Gasteiger partial charge in [-0.3, -0.25) is 4.99 Å². The third-order valence-electron chi connectivity index (χ3n) is 2.05. The first kappa shape index (κ1) is 10.3. The maximum Gasteiger partial charge on any atom is 0.127 e. The fourth-order valence-electron chi connectivity index (χ4n) is 1.18. The van der Waals surface area contributed by atoms with Crippen molar-refractivity contribution < 1.29 is 4.74 Å². The van der Waals surface area contributed by atoms with Crippen molar-refractivity contribution in [1.29, 1.82) is 5.26 Å². The molecule has 0 radical (unpaired) electrons. The van der Waals surface area contributed by atoms with Crippen molar-refractivity contribution in [1.82, 2.24) is 0 Å². The lowest BCUT2D eigenvalue weighted by atomic mass is 10.1. The van der Waals surface area contributed by atoms with Crippen LogP contribution in [-0.4, -0.2) is 19.9 Å². The average molecular weight is 188 g/mol. The Labute approximate surface area is 83.7 Å². The molecule has 1 rings (SSSR count). The van der Waals surface area contributed by atoms with Crippen LogP contribution in [0.15, 0.2) is 23.2 Å². The molecule has 3 nitrogen and oxygen atoms in total. The van der Waals surface area contributed by atoms with Crippen LogP contribution in [0.4, 0.5) is 0 Å². The van der Waals surface area contributed by atoms with Gasteiger partial charge in [0.15, 0.2) is 0 Å². The monoisotopic (exact) mass is 188 g/mol. The molecule has 0 bridgehead atoms. The number of aliphatic imine (C=N–C) groups is 1. The van der Waals surface area contributed by atoms with Crippen molar-refractivity contribution in [2.45, 2.75) is 6.92 Å². The van der Waals surface area contributed by atoms with E-state index < -0.39 is 0 Å². The fraction of sp³-hybridized carbons (Fsp3) is 0.273. The van der Waals surface area contributed by atoms with Gasteiger partial charge in [-0.1, -0.05) is 0 Å². The number of rotatable bonds is 2. The van der Waals surface area contributed by atoms with E-state index in [1.54, 1.807) is 32.4 Å². The summed E-state index contributed by atoms with van der Waals surface area (Å²) in [5.74, 6) is 0.743. The van der Waals surface area contributed by atoms with E-state index >= 15 is 0 Å². The molecule has 0 saturated carbocycles. The number of hydrogen-bond donors (Lipinski definition) is 0. The summed E-state index contributed by atoms with van der Waals surface area (Å²) in [5, 5.41) is 8.75. The van der Waals surface area contributed by atoms with Crippen molar-refractivity contribution in [3.63, 3.8) is 0 Å². The Morgan fingerprint density at radius 2 is 2.21 bits per heavy atom. The van der Waals surface area contributed by atoms with Crippen LogP contribution in [0.3, 0.4) is 0 Å². The van der Waals surface area contributed by atoms with Crippen LogP contribution in [0, 0.1) is 11.3 Å². The van der Waals surface area contributed by atoms with Gasteiger partial charge in [-0.25, -0.2) is 0 Å². The molecule has 0 heterocycles. The Morgan fingerprint density at radius 1 is 1.50 bits per heavy atom. The molecular formula is C11H12N2O. The molecule has 0 aliphatic carbocycles. The molecule has 0 aromatic heterocycles. The molecule has 0 fully saturated rings. The van der Waals surface area contributed by atoms with E-state index in [9.17, 15) is 0 Å². The highest BCUT2D eigenvalue weighted by atomic mass is 16.5. The number of benzene rings is 1. The quantitative estimate of drug-likeness (QED) is 0.666. The largest absolute Gasteiger partial charge is 0.496 e. The molecule has 14 heavy (non-hydrogen) atoms. The van der Waals surface area contributed by atoms with Crippen molar-refractivity contribution >= 4 is 5.71 Å². The van der Waals surface area contributed by atoms with Gasteiger partial charge in [-0.05, 0) is 25.1 Å². The Hall–Kier alpha value is -1.82. The smallest absolute Gasteiger partial charge is 0.127 e. The lowest BCUT2D eigenvalue weighted by molar-refractivity contribution is 0.414. The molecule has 0 aliphatic rings. The van der Waals surface area contributed by atoms with Crippen LogP contribution in [0.1, 0.15) is 18.1 Å². The van der Waals surface area contributed by atoms with Crippen molar-refractivity contribution in [3.8, 4) is 11.8 Å². The van der Waals surface area contributed by atoms with Crippen molar-refractivity contribution in [2.24, 2.45) is 4.99 Å². The van der Waals surface area contributed by atoms with E-state index in [-0.39, 0.29) is 0 Å². The summed E-state index contributed by atoms with van der Waals surface area (Å²) in [6, 6.07) is 7.37. The minimum Gasteiger partial charge on any atom is -0.496 e. The van der Waals surface area contributed by atoms with Gasteiger partial charge in [0.1, 0.15) is 5.75 Å². The van der Waals surface area contributed by atoms with Crippen molar-refractivity contribution in [2.75, 3.05) is 14.2 Å². The van der Waals surface area contributed by atoms with Gasteiger partial charge in [0.05, 0.1) is 18.7 Å². The zero-order valence-electron chi connectivity index (χ0n) is 8.53. The molecule has 0 amide bonds. The van der Waals surface area contributed by atoms with Crippen LogP contribution in [0.25, 0.3) is 0 Å². The number of nitriles is 1. The summed E-state index contributed by atoms with van der Waals surface area (Å²) in [5.41, 5.74) is 2.34. The van der Waals surface area contributed by atoms with Gasteiger partial charge in [0, 0.05) is 18.3 Å². The highest BCUT2D eigenvalue weighted by Crippen LogP contribution is 2.20. The maximum absolute atomic E-state index is 8.75. The number of ether oxygens (including phenoxy) is 1. The molecule has 0 N–H and O–H groups in total. The normalized spacial score (nSPS) is 10.9. The summed E-state index contributed by atoms with van der Waals surface area (Å²) >= 11 is 0. The summed E-state index contributed by atoms with van der Waals surface area (Å²) in [7, 11) is 3.32. The predicted molar refractivity (Wildman–Crippen MR) is 55.8 cm³/mol. The van der Waals surface area contributed by atoms with Gasteiger partial charge in [-0.2, -0.15) is 5.26 Å². The lowest BCUT2D eigenvalue weighted by Crippen LogP contribution is -1.99. The van der Waals surface area contributed by atoms with Crippen LogP contribution < -0.4 is 4.74 Å². The van der Waals surface area contributed by atoms with E-state index in [2.05, 4.69) is 11.1 Å². The number of hydrogen-bond acceptors (Lipinski definition) is 3. The lowest BCUT2D eigenvalue weighted by Gasteiger charge is -2.07. The number of methoxy groups -OCH3 is 1. The molecule has 3 heteroatoms. The van der Waals surface area contributed by atoms with E-state index in [1.165, 1.54) is 0 Å². The Bertz CT molecular complexity index is 402. The first-order valence-electron chi connectivity index (χ1n) is 4.24.